The lowest BCUT2D eigenvalue weighted by atomic mass is 9.95. The van der Waals surface area contributed by atoms with Gasteiger partial charge in [-0.3, -0.25) is 4.90 Å². The first kappa shape index (κ1) is 11.0. The van der Waals surface area contributed by atoms with E-state index >= 15 is 0 Å². The summed E-state index contributed by atoms with van der Waals surface area (Å²) in [6.07, 6.45) is 5.48. The molecule has 2 fully saturated rings. The van der Waals surface area contributed by atoms with E-state index in [0.717, 1.165) is 6.61 Å². The third-order valence-electron chi connectivity index (χ3n) is 3.22. The van der Waals surface area contributed by atoms with Crippen LogP contribution in [0.2, 0.25) is 0 Å². The van der Waals surface area contributed by atoms with E-state index in [-0.39, 0.29) is 0 Å². The quantitative estimate of drug-likeness (QED) is 0.694. The highest BCUT2D eigenvalue weighted by Gasteiger charge is 2.43. The minimum absolute atomic E-state index is 0.467. The molecule has 0 spiro atoms. The Labute approximate surface area is 81.2 Å². The van der Waals surface area contributed by atoms with Gasteiger partial charge >= 0.3 is 0 Å². The zero-order chi connectivity index (χ0) is 9.73. The van der Waals surface area contributed by atoms with Crippen LogP contribution in [0.3, 0.4) is 0 Å². The normalized spacial score (nSPS) is 25.2. The smallest absolute Gasteiger partial charge is 0.0646 e. The molecule has 3 heteroatoms. The maximum Gasteiger partial charge on any atom is 0.0646 e. The van der Waals surface area contributed by atoms with Crippen molar-refractivity contribution in [2.24, 2.45) is 5.73 Å². The van der Waals surface area contributed by atoms with Gasteiger partial charge in [0.1, 0.15) is 0 Å². The molecule has 0 atom stereocenters. The van der Waals surface area contributed by atoms with Crippen molar-refractivity contribution in [2.45, 2.75) is 31.2 Å². The zero-order valence-electron chi connectivity index (χ0n) is 8.88. The van der Waals surface area contributed by atoms with Crippen molar-refractivity contribution in [3.8, 4) is 0 Å². The molecule has 78 valence electrons. The summed E-state index contributed by atoms with van der Waals surface area (Å²) in [5, 5.41) is 0. The van der Waals surface area contributed by atoms with Gasteiger partial charge in [-0.05, 0) is 45.8 Å². The van der Waals surface area contributed by atoms with E-state index in [9.17, 15) is 0 Å². The third-order valence-corrected chi connectivity index (χ3v) is 3.22. The van der Waals surface area contributed by atoms with Crippen molar-refractivity contribution in [3.05, 3.63) is 0 Å². The number of nitrogens with zero attached hydrogens (tertiary/aromatic N) is 1. The van der Waals surface area contributed by atoms with E-state index < -0.39 is 0 Å². The first-order chi connectivity index (χ1) is 6.37. The van der Waals surface area contributed by atoms with Crippen LogP contribution in [0.5, 0.6) is 0 Å². The van der Waals surface area contributed by atoms with Crippen LogP contribution in [0.1, 0.15) is 25.7 Å². The van der Waals surface area contributed by atoms with Gasteiger partial charge in [-0.1, -0.05) is 0 Å². The van der Waals surface area contributed by atoms with E-state index in [0.29, 0.717) is 5.54 Å². The summed E-state index contributed by atoms with van der Waals surface area (Å²) < 4.78 is 5.29. The molecule has 0 aliphatic carbocycles. The fourth-order valence-electron chi connectivity index (χ4n) is 2.73. The van der Waals surface area contributed by atoms with Gasteiger partial charge in [-0.15, -0.1) is 0 Å². The average Bonchev–Trinajstić information content (AvgIpc) is 2.67. The Hall–Kier alpha value is -0.120. The molecule has 2 saturated heterocycles. The standard InChI is InChI=1S/C9H17NO.CH5N/c1-11-8-9-4-2-6-10(9)7-3-5-9;1-2/h2-8H2,1H3;2H2,1H3. The Bertz CT molecular complexity index is 140. The lowest BCUT2D eigenvalue weighted by Crippen LogP contribution is -2.42. The van der Waals surface area contributed by atoms with Crippen molar-refractivity contribution in [3.63, 3.8) is 0 Å². The number of nitrogens with two attached hydrogens (primary N) is 1. The van der Waals surface area contributed by atoms with Crippen LogP contribution in [-0.2, 0) is 4.74 Å². The number of hydrogen-bond donors (Lipinski definition) is 1. The second kappa shape index (κ2) is 4.94. The maximum atomic E-state index is 5.29. The number of methoxy groups -OCH3 is 1. The Morgan fingerprint density at radius 3 is 2.23 bits per heavy atom. The molecule has 3 nitrogen and oxygen atoms in total. The van der Waals surface area contributed by atoms with E-state index in [1.54, 1.807) is 0 Å². The fourth-order valence-corrected chi connectivity index (χ4v) is 2.73. The second-order valence-corrected chi connectivity index (χ2v) is 3.85. The fraction of sp³-hybridized carbons (Fsp3) is 1.00. The topological polar surface area (TPSA) is 38.5 Å². The highest BCUT2D eigenvalue weighted by atomic mass is 16.5. The Morgan fingerprint density at radius 2 is 1.77 bits per heavy atom. The monoisotopic (exact) mass is 186 g/mol. The molecule has 0 saturated carbocycles. The molecule has 13 heavy (non-hydrogen) atoms. The molecule has 0 unspecified atom stereocenters. The molecule has 2 aliphatic heterocycles. The summed E-state index contributed by atoms with van der Waals surface area (Å²) in [5.74, 6) is 0. The molecule has 0 radical (unpaired) electrons. The largest absolute Gasteiger partial charge is 0.383 e. The lowest BCUT2D eigenvalue weighted by Gasteiger charge is -2.30. The summed E-state index contributed by atoms with van der Waals surface area (Å²) in [4.78, 5) is 2.62. The number of fused-ring (bicyclic) bond motifs is 1. The summed E-state index contributed by atoms with van der Waals surface area (Å²) in [6, 6.07) is 0. The zero-order valence-corrected chi connectivity index (χ0v) is 8.88. The Kier molecular flexibility index (Phi) is 4.16. The van der Waals surface area contributed by atoms with Crippen LogP contribution in [0.4, 0.5) is 0 Å². The molecule has 0 aromatic heterocycles. The summed E-state index contributed by atoms with van der Waals surface area (Å²) >= 11 is 0. The number of ether oxygens (including phenoxy) is 1. The van der Waals surface area contributed by atoms with Gasteiger partial charge in [-0.2, -0.15) is 0 Å². The van der Waals surface area contributed by atoms with E-state index in [2.05, 4.69) is 10.6 Å². The van der Waals surface area contributed by atoms with Crippen molar-refractivity contribution in [1.82, 2.24) is 4.90 Å². The molecule has 0 aromatic carbocycles. The van der Waals surface area contributed by atoms with Crippen LogP contribution >= 0.6 is 0 Å². The molecule has 2 heterocycles. The lowest BCUT2D eigenvalue weighted by molar-refractivity contribution is 0.0655. The van der Waals surface area contributed by atoms with Crippen molar-refractivity contribution in [1.29, 1.82) is 0 Å². The van der Waals surface area contributed by atoms with Crippen LogP contribution in [0.15, 0.2) is 0 Å². The predicted molar refractivity (Wildman–Crippen MR) is 54.8 cm³/mol. The van der Waals surface area contributed by atoms with Crippen molar-refractivity contribution >= 4 is 0 Å². The molecule has 2 rings (SSSR count). The summed E-state index contributed by atoms with van der Waals surface area (Å²) in [5.41, 5.74) is 4.97. The highest BCUT2D eigenvalue weighted by molar-refractivity contribution is 4.99. The number of rotatable bonds is 2. The third kappa shape index (κ3) is 2.03. The molecular formula is C10H22N2O. The van der Waals surface area contributed by atoms with Crippen LogP contribution < -0.4 is 5.73 Å². The molecular weight excluding hydrogens is 164 g/mol. The molecule has 0 aromatic rings. The van der Waals surface area contributed by atoms with Crippen molar-refractivity contribution < 1.29 is 4.74 Å². The number of hydrogen-bond acceptors (Lipinski definition) is 3. The van der Waals surface area contributed by atoms with E-state index in [1.165, 1.54) is 45.8 Å². The Balaban J connectivity index is 0.000000396. The van der Waals surface area contributed by atoms with Gasteiger partial charge < -0.3 is 10.5 Å². The van der Waals surface area contributed by atoms with Crippen molar-refractivity contribution in [2.75, 3.05) is 33.9 Å². The molecule has 2 aliphatic rings. The SMILES string of the molecule is CN.COCC12CCCN1CCC2. The maximum absolute atomic E-state index is 5.29. The van der Waals surface area contributed by atoms with Gasteiger partial charge in [0, 0.05) is 12.6 Å². The van der Waals surface area contributed by atoms with Crippen LogP contribution in [0, 0.1) is 0 Å². The van der Waals surface area contributed by atoms with Gasteiger partial charge in [0.2, 0.25) is 0 Å². The molecule has 2 N–H and O–H groups in total. The highest BCUT2D eigenvalue weighted by Crippen LogP contribution is 2.38. The summed E-state index contributed by atoms with van der Waals surface area (Å²) in [7, 11) is 3.32. The Morgan fingerprint density at radius 1 is 1.23 bits per heavy atom. The molecule has 0 amide bonds. The minimum Gasteiger partial charge on any atom is -0.383 e. The van der Waals surface area contributed by atoms with E-state index in [4.69, 9.17) is 4.74 Å². The minimum atomic E-state index is 0.467. The average molecular weight is 186 g/mol. The summed E-state index contributed by atoms with van der Waals surface area (Å²) in [6.45, 7) is 3.57. The first-order valence-corrected chi connectivity index (χ1v) is 5.19. The van der Waals surface area contributed by atoms with E-state index in [1.807, 2.05) is 7.11 Å². The first-order valence-electron chi connectivity index (χ1n) is 5.19. The molecule has 0 bridgehead atoms. The van der Waals surface area contributed by atoms with Gasteiger partial charge in [0.15, 0.2) is 0 Å². The predicted octanol–water partition coefficient (Wildman–Crippen LogP) is 0.836. The second-order valence-electron chi connectivity index (χ2n) is 3.85. The van der Waals surface area contributed by atoms with Gasteiger partial charge in [0.05, 0.1) is 6.61 Å². The van der Waals surface area contributed by atoms with Gasteiger partial charge in [-0.25, -0.2) is 0 Å². The van der Waals surface area contributed by atoms with Crippen LogP contribution in [-0.4, -0.2) is 44.3 Å². The van der Waals surface area contributed by atoms with Gasteiger partial charge in [0.25, 0.3) is 0 Å². The van der Waals surface area contributed by atoms with Crippen LogP contribution in [0.25, 0.3) is 0 Å².